The number of amides is 1. The second-order valence-electron chi connectivity index (χ2n) is 23.1. The molecule has 9 heteroatoms. The molecule has 0 bridgehead atoms. The van der Waals surface area contributed by atoms with Crippen molar-refractivity contribution in [2.45, 2.75) is 334 Å². The number of nitrogens with zero attached hydrogens (tertiary/aromatic N) is 1. The molecule has 0 fully saturated rings. The highest BCUT2D eigenvalue weighted by molar-refractivity contribution is 7.47. The molecule has 72 heavy (non-hydrogen) atoms. The van der Waals surface area contributed by atoms with E-state index in [4.69, 9.17) is 9.05 Å². The lowest BCUT2D eigenvalue weighted by Gasteiger charge is -2.25. The van der Waals surface area contributed by atoms with Crippen LogP contribution in [-0.4, -0.2) is 73.4 Å². The van der Waals surface area contributed by atoms with Crippen molar-refractivity contribution >= 4 is 13.7 Å². The fourth-order valence-corrected chi connectivity index (χ4v) is 10.4. The Morgan fingerprint density at radius 2 is 0.764 bits per heavy atom. The Labute approximate surface area is 449 Å². The Balaban J connectivity index is 4.13. The van der Waals surface area contributed by atoms with Gasteiger partial charge < -0.3 is 19.8 Å². The van der Waals surface area contributed by atoms with Crippen LogP contribution in [0, 0.1) is 0 Å². The number of rotatable bonds is 59. The summed E-state index contributed by atoms with van der Waals surface area (Å²) in [5.41, 5.74) is 0. The Bertz CT molecular complexity index is 1220. The number of aliphatic hydroxyl groups excluding tert-OH is 1. The molecular formula is C63H126N2O6P+. The normalized spacial score (nSPS) is 13.9. The zero-order valence-electron chi connectivity index (χ0n) is 48.9. The van der Waals surface area contributed by atoms with Crippen LogP contribution in [0.3, 0.4) is 0 Å². The lowest BCUT2D eigenvalue weighted by molar-refractivity contribution is -0.870. The Morgan fingerprint density at radius 3 is 1.11 bits per heavy atom. The van der Waals surface area contributed by atoms with E-state index in [-0.39, 0.29) is 19.1 Å². The van der Waals surface area contributed by atoms with E-state index >= 15 is 0 Å². The van der Waals surface area contributed by atoms with Crippen molar-refractivity contribution in [2.24, 2.45) is 0 Å². The SMILES string of the molecule is CCCCCCCCCCCCCCCCCCCCCCCCCC/C=C/CC/C=C/C(O)C(COP(=O)(O)OCC[N+](C)(C)C)NC(=O)CCCCCCCCCCCCCCCCCCCCCC. The minimum atomic E-state index is -4.35. The number of phosphoric acid groups is 1. The highest BCUT2D eigenvalue weighted by Crippen LogP contribution is 2.43. The molecule has 0 aromatic carbocycles. The lowest BCUT2D eigenvalue weighted by atomic mass is 10.0. The van der Waals surface area contributed by atoms with Crippen molar-refractivity contribution in [1.82, 2.24) is 5.32 Å². The third-order valence-electron chi connectivity index (χ3n) is 14.7. The lowest BCUT2D eigenvalue weighted by Crippen LogP contribution is -2.45. The van der Waals surface area contributed by atoms with Crippen molar-refractivity contribution in [3.63, 3.8) is 0 Å². The molecule has 0 rings (SSSR count). The van der Waals surface area contributed by atoms with Crippen molar-refractivity contribution in [1.29, 1.82) is 0 Å². The van der Waals surface area contributed by atoms with Crippen LogP contribution in [0.25, 0.3) is 0 Å². The molecule has 0 spiro atoms. The van der Waals surface area contributed by atoms with Gasteiger partial charge in [-0.05, 0) is 32.1 Å². The summed E-state index contributed by atoms with van der Waals surface area (Å²) >= 11 is 0. The molecule has 8 nitrogen and oxygen atoms in total. The molecule has 0 radical (unpaired) electrons. The first-order valence-corrected chi connectivity index (χ1v) is 33.2. The number of quaternary nitrogens is 1. The summed E-state index contributed by atoms with van der Waals surface area (Å²) in [6.07, 6.45) is 70.2. The van der Waals surface area contributed by atoms with E-state index in [1.54, 1.807) is 6.08 Å². The van der Waals surface area contributed by atoms with Gasteiger partial charge in [-0.2, -0.15) is 0 Å². The maximum absolute atomic E-state index is 13.0. The van der Waals surface area contributed by atoms with Gasteiger partial charge in [0.2, 0.25) is 5.91 Å². The zero-order chi connectivity index (χ0) is 52.7. The van der Waals surface area contributed by atoms with E-state index in [0.717, 1.165) is 38.5 Å². The van der Waals surface area contributed by atoms with Gasteiger partial charge in [-0.1, -0.05) is 308 Å². The summed E-state index contributed by atoms with van der Waals surface area (Å²) in [5.74, 6) is -0.180. The molecule has 0 aliphatic rings. The van der Waals surface area contributed by atoms with E-state index < -0.39 is 20.0 Å². The topological polar surface area (TPSA) is 105 Å². The average Bonchev–Trinajstić information content (AvgIpc) is 3.34. The number of allylic oxidation sites excluding steroid dienone is 3. The number of aliphatic hydroxyl groups is 1. The fraction of sp³-hybridized carbons (Fsp3) is 0.921. The van der Waals surface area contributed by atoms with E-state index in [9.17, 15) is 19.4 Å². The zero-order valence-corrected chi connectivity index (χ0v) is 49.8. The minimum Gasteiger partial charge on any atom is -0.387 e. The van der Waals surface area contributed by atoms with Crippen LogP contribution in [0.2, 0.25) is 0 Å². The van der Waals surface area contributed by atoms with Crippen LogP contribution < -0.4 is 5.32 Å². The average molecular weight is 1040 g/mol. The standard InChI is InChI=1S/C63H125N2O6P/c1-6-8-10-12-14-16-18-20-22-24-26-28-29-30-31-32-33-34-35-36-37-38-40-42-44-46-48-50-52-54-56-62(66)61(60-71-72(68,69)70-59-58-65(3,4)5)64-63(67)57-55-53-51-49-47-45-43-41-39-27-25-23-21-19-17-15-13-11-9-7-2/h46,48,54,56,61-62,66H,6-45,47,49-53,55,57-60H2,1-5H3,(H-,64,67,68,69)/p+1/b48-46+,56-54+. The Kier molecular flexibility index (Phi) is 54.0. The summed E-state index contributed by atoms with van der Waals surface area (Å²) in [5, 5.41) is 14.0. The third kappa shape index (κ3) is 56.7. The van der Waals surface area contributed by atoms with E-state index in [1.165, 1.54) is 263 Å². The van der Waals surface area contributed by atoms with Crippen LogP contribution in [0.4, 0.5) is 0 Å². The van der Waals surface area contributed by atoms with E-state index in [1.807, 2.05) is 27.2 Å². The second kappa shape index (κ2) is 54.8. The first-order valence-electron chi connectivity index (χ1n) is 31.7. The molecule has 3 unspecified atom stereocenters. The number of nitrogens with one attached hydrogen (secondary N) is 1. The van der Waals surface area contributed by atoms with Crippen LogP contribution >= 0.6 is 7.82 Å². The molecule has 0 heterocycles. The summed E-state index contributed by atoms with van der Waals surface area (Å²) in [4.78, 5) is 23.3. The first-order chi connectivity index (χ1) is 35.0. The quantitative estimate of drug-likeness (QED) is 0.0243. The van der Waals surface area contributed by atoms with Gasteiger partial charge in [0.05, 0.1) is 39.9 Å². The summed E-state index contributed by atoms with van der Waals surface area (Å²) in [6.45, 7) is 4.85. The molecule has 0 aromatic heterocycles. The van der Waals surface area contributed by atoms with E-state index in [0.29, 0.717) is 17.4 Å². The van der Waals surface area contributed by atoms with Crippen molar-refractivity contribution in [2.75, 3.05) is 40.9 Å². The van der Waals surface area contributed by atoms with E-state index in [2.05, 4.69) is 31.3 Å². The molecule has 0 aromatic rings. The van der Waals surface area contributed by atoms with Crippen molar-refractivity contribution in [3.05, 3.63) is 24.3 Å². The highest BCUT2D eigenvalue weighted by Gasteiger charge is 2.27. The van der Waals surface area contributed by atoms with Gasteiger partial charge in [0, 0.05) is 6.42 Å². The van der Waals surface area contributed by atoms with Crippen LogP contribution in [0.5, 0.6) is 0 Å². The molecule has 0 aliphatic heterocycles. The van der Waals surface area contributed by atoms with Gasteiger partial charge >= 0.3 is 7.82 Å². The smallest absolute Gasteiger partial charge is 0.387 e. The van der Waals surface area contributed by atoms with Gasteiger partial charge in [0.25, 0.3) is 0 Å². The Hall–Kier alpha value is -1.02. The van der Waals surface area contributed by atoms with Gasteiger partial charge in [-0.3, -0.25) is 13.8 Å². The number of phosphoric ester groups is 1. The van der Waals surface area contributed by atoms with Crippen molar-refractivity contribution in [3.8, 4) is 0 Å². The predicted molar refractivity (Wildman–Crippen MR) is 314 cm³/mol. The monoisotopic (exact) mass is 1040 g/mol. The number of unbranched alkanes of at least 4 members (excludes halogenated alkanes) is 44. The van der Waals surface area contributed by atoms with Crippen LogP contribution in [-0.2, 0) is 18.4 Å². The summed E-state index contributed by atoms with van der Waals surface area (Å²) < 4.78 is 23.7. The van der Waals surface area contributed by atoms with Crippen LogP contribution in [0.15, 0.2) is 24.3 Å². The summed E-state index contributed by atoms with van der Waals surface area (Å²) in [6, 6.07) is -0.861. The fourth-order valence-electron chi connectivity index (χ4n) is 9.71. The number of hydrogen-bond donors (Lipinski definition) is 3. The van der Waals surface area contributed by atoms with Crippen LogP contribution in [0.1, 0.15) is 322 Å². The molecule has 3 N–H and O–H groups in total. The van der Waals surface area contributed by atoms with Crippen molar-refractivity contribution < 1.29 is 32.9 Å². The maximum atomic E-state index is 13.0. The number of hydrogen-bond acceptors (Lipinski definition) is 5. The number of carbonyl (C=O) groups excluding carboxylic acids is 1. The van der Waals surface area contributed by atoms with Gasteiger partial charge in [0.1, 0.15) is 13.2 Å². The third-order valence-corrected chi connectivity index (χ3v) is 15.7. The minimum absolute atomic E-state index is 0.0589. The van der Waals surface area contributed by atoms with Gasteiger partial charge in [-0.15, -0.1) is 0 Å². The first kappa shape index (κ1) is 71.0. The Morgan fingerprint density at radius 1 is 0.458 bits per heavy atom. The molecule has 0 saturated heterocycles. The number of carbonyl (C=O) groups is 1. The molecule has 428 valence electrons. The van der Waals surface area contributed by atoms with Gasteiger partial charge in [-0.25, -0.2) is 4.57 Å². The summed E-state index contributed by atoms with van der Waals surface area (Å²) in [7, 11) is 1.57. The molecule has 0 saturated carbocycles. The molecule has 0 aliphatic carbocycles. The second-order valence-corrected chi connectivity index (χ2v) is 24.6. The maximum Gasteiger partial charge on any atom is 0.472 e. The number of likely N-dealkylation sites (N-methyl/N-ethyl adjacent to an activating group) is 1. The molecule has 3 atom stereocenters. The molecular weight excluding hydrogens is 912 g/mol. The van der Waals surface area contributed by atoms with Gasteiger partial charge in [0.15, 0.2) is 0 Å². The highest BCUT2D eigenvalue weighted by atomic mass is 31.2. The molecule has 1 amide bonds. The largest absolute Gasteiger partial charge is 0.472 e. The predicted octanol–water partition coefficient (Wildman–Crippen LogP) is 19.5.